The molecule has 1 aliphatic heterocycles. The molecule has 1 saturated heterocycles. The second kappa shape index (κ2) is 9.34. The second-order valence-corrected chi connectivity index (χ2v) is 8.70. The van der Waals surface area contributed by atoms with Crippen LogP contribution in [0.1, 0.15) is 38.7 Å². The van der Waals surface area contributed by atoms with E-state index in [4.69, 9.17) is 0 Å². The SMILES string of the molecule is CCN(CC)C(=O)[C@@H]1CCCN(S(=O)(=O)CCCc2ccccc2)C1. The molecule has 1 heterocycles. The average Bonchev–Trinajstić information content (AvgIpc) is 2.63. The summed E-state index contributed by atoms with van der Waals surface area (Å²) in [6.45, 7) is 6.15. The molecule has 2 rings (SSSR count). The highest BCUT2D eigenvalue weighted by Gasteiger charge is 2.33. The molecule has 0 N–H and O–H groups in total. The van der Waals surface area contributed by atoms with E-state index in [9.17, 15) is 13.2 Å². The van der Waals surface area contributed by atoms with E-state index in [1.54, 1.807) is 4.90 Å². The van der Waals surface area contributed by atoms with Crippen molar-refractivity contribution in [3.8, 4) is 0 Å². The Bertz CT molecular complexity index is 642. The summed E-state index contributed by atoms with van der Waals surface area (Å²) in [5.41, 5.74) is 1.16. The van der Waals surface area contributed by atoms with E-state index in [0.717, 1.165) is 24.8 Å². The van der Waals surface area contributed by atoms with E-state index in [0.29, 0.717) is 32.6 Å². The van der Waals surface area contributed by atoms with Crippen LogP contribution in [0.5, 0.6) is 0 Å². The van der Waals surface area contributed by atoms with Gasteiger partial charge in [-0.2, -0.15) is 0 Å². The fraction of sp³-hybridized carbons (Fsp3) is 0.632. The Kier molecular flexibility index (Phi) is 7.44. The normalized spacial score (nSPS) is 18.9. The van der Waals surface area contributed by atoms with E-state index in [1.165, 1.54) is 4.31 Å². The Labute approximate surface area is 152 Å². The third-order valence-corrected chi connectivity index (χ3v) is 6.84. The first-order chi connectivity index (χ1) is 12.0. The number of nitrogens with zero attached hydrogens (tertiary/aromatic N) is 2. The van der Waals surface area contributed by atoms with Crippen LogP contribution >= 0.6 is 0 Å². The molecule has 6 heteroatoms. The quantitative estimate of drug-likeness (QED) is 0.710. The lowest BCUT2D eigenvalue weighted by Gasteiger charge is -2.33. The van der Waals surface area contributed by atoms with Crippen molar-refractivity contribution >= 4 is 15.9 Å². The van der Waals surface area contributed by atoms with Crippen molar-refractivity contribution in [3.05, 3.63) is 35.9 Å². The van der Waals surface area contributed by atoms with Crippen molar-refractivity contribution in [1.82, 2.24) is 9.21 Å². The highest BCUT2D eigenvalue weighted by Crippen LogP contribution is 2.22. The van der Waals surface area contributed by atoms with Crippen molar-refractivity contribution in [2.24, 2.45) is 5.92 Å². The molecule has 1 atom stereocenters. The van der Waals surface area contributed by atoms with Crippen LogP contribution < -0.4 is 0 Å². The fourth-order valence-electron chi connectivity index (χ4n) is 3.42. The molecular weight excluding hydrogens is 336 g/mol. The van der Waals surface area contributed by atoms with E-state index in [2.05, 4.69) is 0 Å². The van der Waals surface area contributed by atoms with Crippen LogP contribution in [0.3, 0.4) is 0 Å². The molecule has 1 amide bonds. The largest absolute Gasteiger partial charge is 0.343 e. The van der Waals surface area contributed by atoms with Gasteiger partial charge >= 0.3 is 0 Å². The summed E-state index contributed by atoms with van der Waals surface area (Å²) in [4.78, 5) is 14.3. The molecule has 0 spiro atoms. The zero-order valence-electron chi connectivity index (χ0n) is 15.4. The summed E-state index contributed by atoms with van der Waals surface area (Å²) in [6.07, 6.45) is 2.91. The van der Waals surface area contributed by atoms with Gasteiger partial charge in [0.1, 0.15) is 0 Å². The summed E-state index contributed by atoms with van der Waals surface area (Å²) in [6, 6.07) is 9.94. The van der Waals surface area contributed by atoms with E-state index >= 15 is 0 Å². The Morgan fingerprint density at radius 3 is 2.52 bits per heavy atom. The number of sulfonamides is 1. The van der Waals surface area contributed by atoms with E-state index in [-0.39, 0.29) is 17.6 Å². The second-order valence-electron chi connectivity index (χ2n) is 6.61. The van der Waals surface area contributed by atoms with Crippen molar-refractivity contribution in [2.45, 2.75) is 39.5 Å². The molecule has 0 aliphatic carbocycles. The van der Waals surface area contributed by atoms with Gasteiger partial charge in [-0.25, -0.2) is 12.7 Å². The summed E-state index contributed by atoms with van der Waals surface area (Å²) in [7, 11) is -3.30. The van der Waals surface area contributed by atoms with Crippen LogP contribution in [0.15, 0.2) is 30.3 Å². The smallest absolute Gasteiger partial charge is 0.226 e. The van der Waals surface area contributed by atoms with Gasteiger partial charge in [0.15, 0.2) is 0 Å². The molecular formula is C19H30N2O3S. The van der Waals surface area contributed by atoms with E-state index in [1.807, 2.05) is 44.2 Å². The van der Waals surface area contributed by atoms with Gasteiger partial charge in [-0.1, -0.05) is 30.3 Å². The molecule has 1 aromatic carbocycles. The molecule has 1 aliphatic rings. The lowest BCUT2D eigenvalue weighted by molar-refractivity contribution is -0.136. The number of aryl methyl sites for hydroxylation is 1. The zero-order valence-corrected chi connectivity index (χ0v) is 16.2. The molecule has 0 bridgehead atoms. The monoisotopic (exact) mass is 366 g/mol. The highest BCUT2D eigenvalue weighted by atomic mass is 32.2. The number of rotatable bonds is 8. The van der Waals surface area contributed by atoms with Gasteiger partial charge in [-0.3, -0.25) is 4.79 Å². The van der Waals surface area contributed by atoms with Gasteiger partial charge in [0.25, 0.3) is 0 Å². The van der Waals surface area contributed by atoms with Crippen LogP contribution in [0.4, 0.5) is 0 Å². The number of hydrogen-bond donors (Lipinski definition) is 0. The molecule has 5 nitrogen and oxygen atoms in total. The number of carbonyl (C=O) groups excluding carboxylic acids is 1. The number of hydrogen-bond acceptors (Lipinski definition) is 3. The fourth-order valence-corrected chi connectivity index (χ4v) is 5.00. The first-order valence-electron chi connectivity index (χ1n) is 9.28. The third kappa shape index (κ3) is 5.54. The molecule has 0 aromatic heterocycles. The lowest BCUT2D eigenvalue weighted by Crippen LogP contribution is -2.47. The first kappa shape index (κ1) is 19.9. The summed E-state index contributed by atoms with van der Waals surface area (Å²) < 4.78 is 26.8. The van der Waals surface area contributed by atoms with Crippen molar-refractivity contribution in [2.75, 3.05) is 31.9 Å². The maximum atomic E-state index is 12.7. The van der Waals surface area contributed by atoms with Gasteiger partial charge in [0.05, 0.1) is 11.7 Å². The molecule has 25 heavy (non-hydrogen) atoms. The highest BCUT2D eigenvalue weighted by molar-refractivity contribution is 7.89. The van der Waals surface area contributed by atoms with Gasteiger partial charge in [0.2, 0.25) is 15.9 Å². The van der Waals surface area contributed by atoms with Crippen molar-refractivity contribution in [3.63, 3.8) is 0 Å². The summed E-state index contributed by atoms with van der Waals surface area (Å²) in [5.74, 6) is 0.0420. The van der Waals surface area contributed by atoms with Crippen molar-refractivity contribution < 1.29 is 13.2 Å². The lowest BCUT2D eigenvalue weighted by atomic mass is 9.98. The Hall–Kier alpha value is -1.40. The first-order valence-corrected chi connectivity index (χ1v) is 10.9. The van der Waals surface area contributed by atoms with Crippen LogP contribution in [0, 0.1) is 5.92 Å². The van der Waals surface area contributed by atoms with Gasteiger partial charge < -0.3 is 4.90 Å². The third-order valence-electron chi connectivity index (χ3n) is 4.91. The molecule has 0 unspecified atom stereocenters. The van der Waals surface area contributed by atoms with Crippen LogP contribution in [0.25, 0.3) is 0 Å². The van der Waals surface area contributed by atoms with Crippen LogP contribution in [0.2, 0.25) is 0 Å². The topological polar surface area (TPSA) is 57.7 Å². The molecule has 0 radical (unpaired) electrons. The van der Waals surface area contributed by atoms with Crippen LogP contribution in [-0.2, 0) is 21.2 Å². The van der Waals surface area contributed by atoms with E-state index < -0.39 is 10.0 Å². The Morgan fingerprint density at radius 2 is 1.88 bits per heavy atom. The standard InChI is InChI=1S/C19H30N2O3S/c1-3-20(4-2)19(22)18-13-8-14-21(16-18)25(23,24)15-9-12-17-10-6-5-7-11-17/h5-7,10-11,18H,3-4,8-9,12-16H2,1-2H3/t18-/m1/s1. The summed E-state index contributed by atoms with van der Waals surface area (Å²) in [5, 5.41) is 0. The maximum absolute atomic E-state index is 12.7. The number of carbonyl (C=O) groups is 1. The van der Waals surface area contributed by atoms with Gasteiger partial charge in [-0.05, 0) is 45.1 Å². The maximum Gasteiger partial charge on any atom is 0.226 e. The molecule has 1 fully saturated rings. The molecule has 1 aromatic rings. The minimum Gasteiger partial charge on any atom is -0.343 e. The number of piperidine rings is 1. The zero-order chi connectivity index (χ0) is 18.3. The van der Waals surface area contributed by atoms with Gasteiger partial charge in [0, 0.05) is 26.2 Å². The Balaban J connectivity index is 1.91. The number of amides is 1. The number of benzene rings is 1. The average molecular weight is 367 g/mol. The minimum absolute atomic E-state index is 0.0918. The minimum atomic E-state index is -3.30. The molecule has 0 saturated carbocycles. The molecule has 140 valence electrons. The Morgan fingerprint density at radius 1 is 1.20 bits per heavy atom. The van der Waals surface area contributed by atoms with Crippen molar-refractivity contribution in [1.29, 1.82) is 0 Å². The van der Waals surface area contributed by atoms with Gasteiger partial charge in [-0.15, -0.1) is 0 Å². The van der Waals surface area contributed by atoms with Crippen LogP contribution in [-0.4, -0.2) is 55.5 Å². The summed E-state index contributed by atoms with van der Waals surface area (Å²) >= 11 is 0. The predicted molar refractivity (Wildman–Crippen MR) is 101 cm³/mol. The predicted octanol–water partition coefficient (Wildman–Crippen LogP) is 2.53.